The van der Waals surface area contributed by atoms with Crippen LogP contribution in [0.1, 0.15) is 20.8 Å². The highest BCUT2D eigenvalue weighted by Gasteiger charge is 2.27. The second kappa shape index (κ2) is 4.92. The molecule has 0 saturated carbocycles. The van der Waals surface area contributed by atoms with E-state index in [0.29, 0.717) is 0 Å². The number of carbonyl (C=O) groups is 2. The molecule has 0 aromatic carbocycles. The first kappa shape index (κ1) is 12.9. The number of hydrogen-bond donors (Lipinski definition) is 3. The van der Waals surface area contributed by atoms with E-state index in [9.17, 15) is 9.59 Å². The van der Waals surface area contributed by atoms with Crippen LogP contribution in [-0.2, 0) is 14.4 Å². The van der Waals surface area contributed by atoms with E-state index in [0.717, 1.165) is 0 Å². The molecule has 6 nitrogen and oxygen atoms in total. The van der Waals surface area contributed by atoms with E-state index in [4.69, 9.17) is 11.5 Å². The predicted octanol–water partition coefficient (Wildman–Crippen LogP) is -1.11. The molecule has 0 aliphatic carbocycles. The molecule has 1 atom stereocenters. The molecule has 82 valence electrons. The summed E-state index contributed by atoms with van der Waals surface area (Å²) < 4.78 is 0. The van der Waals surface area contributed by atoms with Gasteiger partial charge in [-0.2, -0.15) is 0 Å². The topological polar surface area (TPSA) is 107 Å². The molecule has 6 heteroatoms. The fraction of sp³-hybridized carbons (Fsp3) is 0.750. The third-order valence-electron chi connectivity index (χ3n) is 1.60. The van der Waals surface area contributed by atoms with Gasteiger partial charge in [-0.15, -0.1) is 0 Å². The van der Waals surface area contributed by atoms with Gasteiger partial charge in [0.15, 0.2) is 6.61 Å². The zero-order valence-corrected chi connectivity index (χ0v) is 8.66. The lowest BCUT2D eigenvalue weighted by atomic mass is 9.87. The molecule has 0 rings (SSSR count). The molecule has 0 spiro atoms. The van der Waals surface area contributed by atoms with E-state index < -0.39 is 17.9 Å². The Morgan fingerprint density at radius 3 is 2.29 bits per heavy atom. The van der Waals surface area contributed by atoms with E-state index in [1.54, 1.807) is 0 Å². The van der Waals surface area contributed by atoms with E-state index in [1.165, 1.54) is 0 Å². The molecule has 0 radical (unpaired) electrons. The lowest BCUT2D eigenvalue weighted by molar-refractivity contribution is -0.140. The molecule has 2 amide bonds. The Bertz CT molecular complexity index is 222. The second-order valence-corrected chi connectivity index (χ2v) is 4.06. The Balaban J connectivity index is 3.91. The first-order valence-electron chi connectivity index (χ1n) is 4.20. The summed E-state index contributed by atoms with van der Waals surface area (Å²) in [5.74, 6) is -1.13. The Morgan fingerprint density at radius 2 is 1.93 bits per heavy atom. The monoisotopic (exact) mass is 203 g/mol. The average Bonchev–Trinajstić information content (AvgIpc) is 2.00. The molecule has 0 heterocycles. The standard InChI is InChI=1S/C8H17N3O3/c1-8(2,3)6(10)7(13)11-14-4-5(9)12/h6H,4,10H2,1-3H3,(H2,9,12)(H,11,13). The number of rotatable bonds is 4. The lowest BCUT2D eigenvalue weighted by Crippen LogP contribution is -2.49. The molecule has 0 aromatic heterocycles. The second-order valence-electron chi connectivity index (χ2n) is 4.06. The largest absolute Gasteiger partial charge is 0.368 e. The van der Waals surface area contributed by atoms with Crippen LogP contribution in [0.5, 0.6) is 0 Å². The zero-order chi connectivity index (χ0) is 11.4. The molecule has 1 unspecified atom stereocenters. The maximum absolute atomic E-state index is 11.3. The Kier molecular flexibility index (Phi) is 4.52. The Morgan fingerprint density at radius 1 is 1.43 bits per heavy atom. The van der Waals surface area contributed by atoms with Gasteiger partial charge in [-0.1, -0.05) is 20.8 Å². The highest BCUT2D eigenvalue weighted by molar-refractivity contribution is 5.81. The number of amides is 2. The number of carbonyl (C=O) groups excluding carboxylic acids is 2. The molecule has 0 fully saturated rings. The van der Waals surface area contributed by atoms with Crippen molar-refractivity contribution in [2.75, 3.05) is 6.61 Å². The van der Waals surface area contributed by atoms with E-state index >= 15 is 0 Å². The van der Waals surface area contributed by atoms with Crippen molar-refractivity contribution in [1.82, 2.24) is 5.48 Å². The van der Waals surface area contributed by atoms with Gasteiger partial charge in [0.1, 0.15) is 0 Å². The summed E-state index contributed by atoms with van der Waals surface area (Å²) in [5, 5.41) is 0. The fourth-order valence-electron chi connectivity index (χ4n) is 0.635. The van der Waals surface area contributed by atoms with Crippen LogP contribution in [0, 0.1) is 5.41 Å². The van der Waals surface area contributed by atoms with Crippen LogP contribution >= 0.6 is 0 Å². The molecule has 5 N–H and O–H groups in total. The maximum Gasteiger partial charge on any atom is 0.260 e. The summed E-state index contributed by atoms with van der Waals surface area (Å²) in [7, 11) is 0. The van der Waals surface area contributed by atoms with Crippen molar-refractivity contribution >= 4 is 11.8 Å². The van der Waals surface area contributed by atoms with Crippen LogP contribution < -0.4 is 16.9 Å². The summed E-state index contributed by atoms with van der Waals surface area (Å²) in [5.41, 5.74) is 12.1. The van der Waals surface area contributed by atoms with Crippen LogP contribution in [-0.4, -0.2) is 24.5 Å². The maximum atomic E-state index is 11.3. The number of primary amides is 1. The van der Waals surface area contributed by atoms with Gasteiger partial charge in [0.25, 0.3) is 5.91 Å². The quantitative estimate of drug-likeness (QED) is 0.503. The smallest absolute Gasteiger partial charge is 0.260 e. The molecular formula is C8H17N3O3. The molecule has 0 aromatic rings. The molecule has 14 heavy (non-hydrogen) atoms. The van der Waals surface area contributed by atoms with Gasteiger partial charge in [0.05, 0.1) is 6.04 Å². The Labute approximate surface area is 82.9 Å². The van der Waals surface area contributed by atoms with Crippen molar-refractivity contribution in [1.29, 1.82) is 0 Å². The van der Waals surface area contributed by atoms with Crippen LogP contribution in [0.15, 0.2) is 0 Å². The van der Waals surface area contributed by atoms with Crippen molar-refractivity contribution in [3.63, 3.8) is 0 Å². The van der Waals surface area contributed by atoms with Crippen LogP contribution in [0.4, 0.5) is 0 Å². The molecule has 0 aliphatic rings. The van der Waals surface area contributed by atoms with Gasteiger partial charge < -0.3 is 11.5 Å². The van der Waals surface area contributed by atoms with Crippen LogP contribution in [0.3, 0.4) is 0 Å². The first-order valence-corrected chi connectivity index (χ1v) is 4.20. The molecular weight excluding hydrogens is 186 g/mol. The number of hydrogen-bond acceptors (Lipinski definition) is 4. The number of nitrogens with one attached hydrogen (secondary N) is 1. The van der Waals surface area contributed by atoms with E-state index in [2.05, 4.69) is 10.3 Å². The molecule has 0 aliphatic heterocycles. The lowest BCUT2D eigenvalue weighted by Gasteiger charge is -2.25. The van der Waals surface area contributed by atoms with Crippen molar-refractivity contribution < 1.29 is 14.4 Å². The van der Waals surface area contributed by atoms with Gasteiger partial charge in [0.2, 0.25) is 5.91 Å². The minimum absolute atomic E-state index is 0.359. The zero-order valence-electron chi connectivity index (χ0n) is 8.66. The summed E-state index contributed by atoms with van der Waals surface area (Å²) >= 11 is 0. The van der Waals surface area contributed by atoms with Gasteiger partial charge in [0, 0.05) is 0 Å². The Hall–Kier alpha value is -1.14. The minimum Gasteiger partial charge on any atom is -0.368 e. The fourth-order valence-corrected chi connectivity index (χ4v) is 0.635. The summed E-state index contributed by atoms with van der Waals surface area (Å²) in [4.78, 5) is 26.0. The van der Waals surface area contributed by atoms with Crippen molar-refractivity contribution in [2.45, 2.75) is 26.8 Å². The van der Waals surface area contributed by atoms with Crippen molar-refractivity contribution in [2.24, 2.45) is 16.9 Å². The summed E-state index contributed by atoms with van der Waals surface area (Å²) in [6, 6.07) is -0.699. The van der Waals surface area contributed by atoms with Crippen LogP contribution in [0.25, 0.3) is 0 Å². The third kappa shape index (κ3) is 4.78. The van der Waals surface area contributed by atoms with Gasteiger partial charge in [-0.05, 0) is 5.41 Å². The number of nitrogens with two attached hydrogens (primary N) is 2. The first-order chi connectivity index (χ1) is 6.25. The van der Waals surface area contributed by atoms with E-state index in [1.807, 2.05) is 20.8 Å². The van der Waals surface area contributed by atoms with Crippen LogP contribution in [0.2, 0.25) is 0 Å². The minimum atomic E-state index is -0.699. The van der Waals surface area contributed by atoms with Crippen molar-refractivity contribution in [3.05, 3.63) is 0 Å². The van der Waals surface area contributed by atoms with E-state index in [-0.39, 0.29) is 12.0 Å². The predicted molar refractivity (Wildman–Crippen MR) is 50.7 cm³/mol. The average molecular weight is 203 g/mol. The molecule has 0 bridgehead atoms. The normalized spacial score (nSPS) is 13.4. The third-order valence-corrected chi connectivity index (χ3v) is 1.60. The summed E-state index contributed by atoms with van der Waals surface area (Å²) in [6.45, 7) is 5.12. The number of hydroxylamine groups is 1. The van der Waals surface area contributed by atoms with Gasteiger partial charge in [-0.3, -0.25) is 14.4 Å². The molecule has 0 saturated heterocycles. The summed E-state index contributed by atoms with van der Waals surface area (Å²) in [6.07, 6.45) is 0. The highest BCUT2D eigenvalue weighted by atomic mass is 16.7. The van der Waals surface area contributed by atoms with Crippen molar-refractivity contribution in [3.8, 4) is 0 Å². The highest BCUT2D eigenvalue weighted by Crippen LogP contribution is 2.16. The van der Waals surface area contributed by atoms with Gasteiger partial charge >= 0.3 is 0 Å². The SMILES string of the molecule is CC(C)(C)C(N)C(=O)NOCC(N)=O. The van der Waals surface area contributed by atoms with Gasteiger partial charge in [-0.25, -0.2) is 5.48 Å².